The fourth-order valence-electron chi connectivity index (χ4n) is 3.96. The van der Waals surface area contributed by atoms with Gasteiger partial charge in [-0.05, 0) is 49.6 Å². The predicted octanol–water partition coefficient (Wildman–Crippen LogP) is 3.60. The van der Waals surface area contributed by atoms with Crippen LogP contribution in [0.15, 0.2) is 42.5 Å². The maximum Gasteiger partial charge on any atom is 0.242 e. The molecule has 0 fully saturated rings. The zero-order valence-electron chi connectivity index (χ0n) is 21.4. The Labute approximate surface area is 223 Å². The minimum atomic E-state index is -3.62. The number of anilines is 1. The van der Waals surface area contributed by atoms with E-state index in [2.05, 4.69) is 5.32 Å². The lowest BCUT2D eigenvalue weighted by atomic mass is 10.1. The van der Waals surface area contributed by atoms with Gasteiger partial charge in [0.25, 0.3) is 0 Å². The van der Waals surface area contributed by atoms with Crippen molar-refractivity contribution >= 4 is 39.1 Å². The standard InChI is InChI=1S/C26H34ClN3O6S/c1-4-13-28-26(32)19(2)29(18-20-7-9-21(27)10-8-20)25(31)6-5-14-30(37(3,33)34)22-11-12-23-24(17-22)36-16-15-35-23/h7-12,17,19H,4-6,13-16,18H2,1-3H3,(H,28,32)/t19-/m0/s1. The summed E-state index contributed by atoms with van der Waals surface area (Å²) in [5, 5.41) is 3.42. The minimum Gasteiger partial charge on any atom is -0.486 e. The summed E-state index contributed by atoms with van der Waals surface area (Å²) in [5.41, 5.74) is 1.27. The molecule has 0 aromatic heterocycles. The molecule has 37 heavy (non-hydrogen) atoms. The summed E-state index contributed by atoms with van der Waals surface area (Å²) in [5.74, 6) is 0.560. The van der Waals surface area contributed by atoms with Gasteiger partial charge in [-0.1, -0.05) is 30.7 Å². The van der Waals surface area contributed by atoms with E-state index in [0.29, 0.717) is 42.0 Å². The Bertz CT molecular complexity index is 1190. The summed E-state index contributed by atoms with van der Waals surface area (Å²) in [4.78, 5) is 27.5. The summed E-state index contributed by atoms with van der Waals surface area (Å²) in [6, 6.07) is 11.4. The molecule has 2 amide bonds. The van der Waals surface area contributed by atoms with Crippen LogP contribution in [0.2, 0.25) is 5.02 Å². The van der Waals surface area contributed by atoms with E-state index in [1.807, 2.05) is 19.1 Å². The van der Waals surface area contributed by atoms with Gasteiger partial charge in [-0.15, -0.1) is 0 Å². The molecule has 9 nitrogen and oxygen atoms in total. The van der Waals surface area contributed by atoms with Gasteiger partial charge in [0.15, 0.2) is 11.5 Å². The van der Waals surface area contributed by atoms with Crippen LogP contribution in [-0.4, -0.2) is 63.7 Å². The van der Waals surface area contributed by atoms with Crippen LogP contribution in [0.25, 0.3) is 0 Å². The first kappa shape index (κ1) is 28.6. The van der Waals surface area contributed by atoms with E-state index in [-0.39, 0.29) is 37.7 Å². The SMILES string of the molecule is CCCNC(=O)[C@H](C)N(Cc1ccc(Cl)cc1)C(=O)CCCN(c1ccc2c(c1)OCCO2)S(C)(=O)=O. The Morgan fingerprint density at radius 3 is 2.41 bits per heavy atom. The quantitative estimate of drug-likeness (QED) is 0.432. The Morgan fingerprint density at radius 2 is 1.76 bits per heavy atom. The Hall–Kier alpha value is -2.98. The number of rotatable bonds is 12. The fourth-order valence-corrected chi connectivity index (χ4v) is 5.04. The zero-order valence-corrected chi connectivity index (χ0v) is 23.0. The van der Waals surface area contributed by atoms with Gasteiger partial charge in [-0.3, -0.25) is 13.9 Å². The molecule has 0 spiro atoms. The molecule has 1 aliphatic rings. The highest BCUT2D eigenvalue weighted by atomic mass is 35.5. The van der Waals surface area contributed by atoms with E-state index < -0.39 is 16.1 Å². The average molecular weight is 552 g/mol. The number of carbonyl (C=O) groups excluding carboxylic acids is 2. The molecule has 2 aromatic carbocycles. The van der Waals surface area contributed by atoms with Crippen LogP contribution >= 0.6 is 11.6 Å². The highest BCUT2D eigenvalue weighted by Crippen LogP contribution is 2.34. The van der Waals surface area contributed by atoms with Crippen molar-refractivity contribution in [3.8, 4) is 11.5 Å². The van der Waals surface area contributed by atoms with Crippen molar-refractivity contribution in [2.75, 3.05) is 36.9 Å². The van der Waals surface area contributed by atoms with Gasteiger partial charge in [-0.2, -0.15) is 0 Å². The van der Waals surface area contributed by atoms with Crippen LogP contribution in [-0.2, 0) is 26.2 Å². The molecule has 1 heterocycles. The summed E-state index contributed by atoms with van der Waals surface area (Å²) in [7, 11) is -3.62. The summed E-state index contributed by atoms with van der Waals surface area (Å²) in [6.07, 6.45) is 2.24. The fraction of sp³-hybridized carbons (Fsp3) is 0.462. The number of amides is 2. The summed E-state index contributed by atoms with van der Waals surface area (Å²) in [6.45, 7) is 5.31. The van der Waals surface area contributed by atoms with Gasteiger partial charge in [0.05, 0.1) is 11.9 Å². The predicted molar refractivity (Wildman–Crippen MR) is 144 cm³/mol. The number of hydrogen-bond acceptors (Lipinski definition) is 6. The molecule has 3 rings (SSSR count). The molecule has 0 radical (unpaired) electrons. The van der Waals surface area contributed by atoms with Crippen LogP contribution in [0.4, 0.5) is 5.69 Å². The van der Waals surface area contributed by atoms with E-state index in [1.54, 1.807) is 37.3 Å². The Balaban J connectivity index is 1.72. The van der Waals surface area contributed by atoms with Crippen LogP contribution in [0.3, 0.4) is 0 Å². The van der Waals surface area contributed by atoms with Crippen molar-refractivity contribution in [3.05, 3.63) is 53.1 Å². The minimum absolute atomic E-state index is 0.0650. The second kappa shape index (κ2) is 13.0. The number of halogens is 1. The van der Waals surface area contributed by atoms with Gasteiger partial charge < -0.3 is 19.7 Å². The normalized spacial score (nSPS) is 13.5. The van der Waals surface area contributed by atoms with Gasteiger partial charge in [0, 0.05) is 37.1 Å². The smallest absolute Gasteiger partial charge is 0.242 e. The Morgan fingerprint density at radius 1 is 1.08 bits per heavy atom. The van der Waals surface area contributed by atoms with Crippen molar-refractivity contribution in [2.24, 2.45) is 0 Å². The molecule has 11 heteroatoms. The molecular formula is C26H34ClN3O6S. The molecular weight excluding hydrogens is 518 g/mol. The molecule has 1 aliphatic heterocycles. The second-order valence-corrected chi connectivity index (χ2v) is 11.2. The summed E-state index contributed by atoms with van der Waals surface area (Å²) >= 11 is 5.99. The van der Waals surface area contributed by atoms with Gasteiger partial charge in [-0.25, -0.2) is 8.42 Å². The topological polar surface area (TPSA) is 105 Å². The molecule has 0 saturated carbocycles. The lowest BCUT2D eigenvalue weighted by molar-refractivity contribution is -0.140. The van der Waals surface area contributed by atoms with E-state index in [4.69, 9.17) is 21.1 Å². The maximum absolute atomic E-state index is 13.3. The van der Waals surface area contributed by atoms with E-state index >= 15 is 0 Å². The van der Waals surface area contributed by atoms with Crippen LogP contribution in [0, 0.1) is 0 Å². The van der Waals surface area contributed by atoms with Crippen molar-refractivity contribution in [1.29, 1.82) is 0 Å². The van der Waals surface area contributed by atoms with E-state index in [0.717, 1.165) is 18.2 Å². The number of nitrogens with zero attached hydrogens (tertiary/aromatic N) is 2. The molecule has 1 atom stereocenters. The number of benzene rings is 2. The molecule has 0 saturated heterocycles. The van der Waals surface area contributed by atoms with Gasteiger partial charge in [0.1, 0.15) is 19.3 Å². The average Bonchev–Trinajstić information content (AvgIpc) is 2.87. The molecule has 0 bridgehead atoms. The number of fused-ring (bicyclic) bond motifs is 1. The van der Waals surface area contributed by atoms with E-state index in [1.165, 1.54) is 9.21 Å². The first-order valence-electron chi connectivity index (χ1n) is 12.3. The molecule has 202 valence electrons. The second-order valence-electron chi connectivity index (χ2n) is 8.88. The highest BCUT2D eigenvalue weighted by Gasteiger charge is 2.27. The Kier molecular flexibility index (Phi) is 10.0. The number of nitrogens with one attached hydrogen (secondary N) is 1. The first-order chi connectivity index (χ1) is 17.6. The molecule has 0 unspecified atom stereocenters. The van der Waals surface area contributed by atoms with E-state index in [9.17, 15) is 18.0 Å². The van der Waals surface area contributed by atoms with Crippen molar-refractivity contribution in [3.63, 3.8) is 0 Å². The molecule has 2 aromatic rings. The summed E-state index contributed by atoms with van der Waals surface area (Å²) < 4.78 is 37.5. The number of hydrogen-bond donors (Lipinski definition) is 1. The van der Waals surface area contributed by atoms with Crippen LogP contribution in [0.1, 0.15) is 38.7 Å². The van der Waals surface area contributed by atoms with Crippen molar-refractivity contribution in [2.45, 2.75) is 45.7 Å². The third-order valence-corrected chi connectivity index (χ3v) is 7.39. The number of ether oxygens (including phenoxy) is 2. The largest absolute Gasteiger partial charge is 0.486 e. The highest BCUT2D eigenvalue weighted by molar-refractivity contribution is 7.92. The zero-order chi connectivity index (χ0) is 27.0. The maximum atomic E-state index is 13.3. The third-order valence-electron chi connectivity index (χ3n) is 5.95. The number of carbonyl (C=O) groups is 2. The third kappa shape index (κ3) is 8.00. The van der Waals surface area contributed by atoms with Crippen molar-refractivity contribution in [1.82, 2.24) is 10.2 Å². The lowest BCUT2D eigenvalue weighted by Crippen LogP contribution is -2.47. The van der Waals surface area contributed by atoms with Crippen LogP contribution in [0.5, 0.6) is 11.5 Å². The number of sulfonamides is 1. The van der Waals surface area contributed by atoms with Gasteiger partial charge >= 0.3 is 0 Å². The lowest BCUT2D eigenvalue weighted by Gasteiger charge is -2.29. The first-order valence-corrected chi connectivity index (χ1v) is 14.5. The van der Waals surface area contributed by atoms with Crippen molar-refractivity contribution < 1.29 is 27.5 Å². The monoisotopic (exact) mass is 551 g/mol. The van der Waals surface area contributed by atoms with Gasteiger partial charge in [0.2, 0.25) is 21.8 Å². The van der Waals surface area contributed by atoms with Crippen LogP contribution < -0.4 is 19.1 Å². The molecule has 1 N–H and O–H groups in total. The molecule has 0 aliphatic carbocycles.